The van der Waals surface area contributed by atoms with Crippen LogP contribution in [0.2, 0.25) is 10.0 Å². The van der Waals surface area contributed by atoms with Crippen LogP contribution in [0, 0.1) is 0 Å². The fraction of sp³-hybridized carbons (Fsp3) is 0.263. The Labute approximate surface area is 157 Å². The van der Waals surface area contributed by atoms with Crippen LogP contribution in [0.25, 0.3) is 0 Å². The second-order valence-corrected chi connectivity index (χ2v) is 7.60. The van der Waals surface area contributed by atoms with Crippen molar-refractivity contribution in [3.05, 3.63) is 58.1 Å². The quantitative estimate of drug-likeness (QED) is 0.712. The van der Waals surface area contributed by atoms with Gasteiger partial charge in [0.2, 0.25) is 11.8 Å². The van der Waals surface area contributed by atoms with Gasteiger partial charge in [-0.05, 0) is 35.2 Å². The van der Waals surface area contributed by atoms with Crippen molar-refractivity contribution < 1.29 is 9.59 Å². The molecule has 0 aromatic heterocycles. The smallest absolute Gasteiger partial charge is 0.233 e. The van der Waals surface area contributed by atoms with Crippen LogP contribution in [-0.2, 0) is 15.0 Å². The summed E-state index contributed by atoms with van der Waals surface area (Å²) in [4.78, 5) is 24.3. The maximum absolute atomic E-state index is 12.2. The lowest BCUT2D eigenvalue weighted by molar-refractivity contribution is -0.123. The minimum Gasteiger partial charge on any atom is -0.326 e. The van der Waals surface area contributed by atoms with Gasteiger partial charge in [-0.2, -0.15) is 0 Å². The van der Waals surface area contributed by atoms with E-state index in [2.05, 4.69) is 31.4 Å². The highest BCUT2D eigenvalue weighted by molar-refractivity contribution is 6.35. The monoisotopic (exact) mass is 378 g/mol. The van der Waals surface area contributed by atoms with Crippen molar-refractivity contribution in [2.75, 3.05) is 10.6 Å². The molecule has 4 nitrogen and oxygen atoms in total. The first-order valence-electron chi connectivity index (χ1n) is 7.80. The molecule has 2 aromatic carbocycles. The van der Waals surface area contributed by atoms with Gasteiger partial charge in [0.25, 0.3) is 0 Å². The lowest BCUT2D eigenvalue weighted by atomic mass is 9.86. The van der Waals surface area contributed by atoms with E-state index < -0.39 is 5.91 Å². The Balaban J connectivity index is 2.02. The van der Waals surface area contributed by atoms with Gasteiger partial charge < -0.3 is 10.6 Å². The number of halogens is 2. The predicted molar refractivity (Wildman–Crippen MR) is 103 cm³/mol. The van der Waals surface area contributed by atoms with E-state index in [0.29, 0.717) is 21.4 Å². The molecule has 0 aliphatic carbocycles. The molecule has 0 fully saturated rings. The number of amides is 2. The summed E-state index contributed by atoms with van der Waals surface area (Å²) in [6.07, 6.45) is -0.303. The largest absolute Gasteiger partial charge is 0.326 e. The Morgan fingerprint density at radius 2 is 1.48 bits per heavy atom. The standard InChI is InChI=1S/C19H20Cl2N2O2/c1-19(2,3)15-6-4-5-7-16(15)23-18(25)11-17(24)22-14-9-12(20)8-13(21)10-14/h4-10H,11H2,1-3H3,(H,22,24)(H,23,25). The summed E-state index contributed by atoms with van der Waals surface area (Å²) in [5.41, 5.74) is 2.04. The average molecular weight is 379 g/mol. The van der Waals surface area contributed by atoms with E-state index in [1.54, 1.807) is 18.2 Å². The van der Waals surface area contributed by atoms with Gasteiger partial charge in [-0.3, -0.25) is 9.59 Å². The van der Waals surface area contributed by atoms with Gasteiger partial charge in [-0.1, -0.05) is 62.2 Å². The van der Waals surface area contributed by atoms with Crippen molar-refractivity contribution >= 4 is 46.4 Å². The molecule has 0 unspecified atom stereocenters. The Bertz CT molecular complexity index is 778. The molecule has 0 aliphatic heterocycles. The topological polar surface area (TPSA) is 58.2 Å². The molecule has 0 saturated heterocycles. The zero-order valence-corrected chi connectivity index (χ0v) is 15.8. The van der Waals surface area contributed by atoms with Crippen LogP contribution in [0.1, 0.15) is 32.8 Å². The van der Waals surface area contributed by atoms with E-state index in [-0.39, 0.29) is 17.7 Å². The number of hydrogen-bond donors (Lipinski definition) is 2. The van der Waals surface area contributed by atoms with Crippen LogP contribution in [-0.4, -0.2) is 11.8 Å². The summed E-state index contributed by atoms with van der Waals surface area (Å²) in [5, 5.41) is 6.24. The molecule has 0 radical (unpaired) electrons. The zero-order chi connectivity index (χ0) is 18.6. The van der Waals surface area contributed by atoms with Gasteiger partial charge in [-0.15, -0.1) is 0 Å². The molecule has 2 rings (SSSR count). The van der Waals surface area contributed by atoms with Crippen LogP contribution in [0.3, 0.4) is 0 Å². The molecule has 0 spiro atoms. The SMILES string of the molecule is CC(C)(C)c1ccccc1NC(=O)CC(=O)Nc1cc(Cl)cc(Cl)c1. The molecule has 132 valence electrons. The maximum atomic E-state index is 12.2. The van der Waals surface area contributed by atoms with Gasteiger partial charge >= 0.3 is 0 Å². The number of benzene rings is 2. The maximum Gasteiger partial charge on any atom is 0.233 e. The molecule has 2 amide bonds. The third-order valence-corrected chi connectivity index (χ3v) is 3.91. The molecule has 2 aromatic rings. The van der Waals surface area contributed by atoms with Gasteiger partial charge in [0, 0.05) is 21.4 Å². The normalized spacial score (nSPS) is 11.1. The third-order valence-electron chi connectivity index (χ3n) is 3.48. The van der Waals surface area contributed by atoms with Gasteiger partial charge in [0.15, 0.2) is 0 Å². The van der Waals surface area contributed by atoms with Crippen molar-refractivity contribution in [3.63, 3.8) is 0 Å². The highest BCUT2D eigenvalue weighted by Crippen LogP contribution is 2.29. The number of carbonyl (C=O) groups is 2. The molecule has 0 heterocycles. The molecular weight excluding hydrogens is 359 g/mol. The van der Waals surface area contributed by atoms with Gasteiger partial charge in [-0.25, -0.2) is 0 Å². The molecule has 6 heteroatoms. The summed E-state index contributed by atoms with van der Waals surface area (Å²) in [7, 11) is 0. The Morgan fingerprint density at radius 1 is 0.920 bits per heavy atom. The molecule has 0 bridgehead atoms. The summed E-state index contributed by atoms with van der Waals surface area (Å²) in [6, 6.07) is 12.3. The second-order valence-electron chi connectivity index (χ2n) is 6.73. The molecule has 25 heavy (non-hydrogen) atoms. The van der Waals surface area contributed by atoms with Crippen molar-refractivity contribution in [1.29, 1.82) is 0 Å². The van der Waals surface area contributed by atoms with E-state index in [4.69, 9.17) is 23.2 Å². The van der Waals surface area contributed by atoms with Crippen LogP contribution in [0.4, 0.5) is 11.4 Å². The number of hydrogen-bond acceptors (Lipinski definition) is 2. The van der Waals surface area contributed by atoms with Crippen molar-refractivity contribution in [3.8, 4) is 0 Å². The number of para-hydroxylation sites is 1. The fourth-order valence-electron chi connectivity index (χ4n) is 2.42. The Morgan fingerprint density at radius 3 is 2.08 bits per heavy atom. The number of nitrogens with one attached hydrogen (secondary N) is 2. The summed E-state index contributed by atoms with van der Waals surface area (Å²) in [6.45, 7) is 6.19. The lowest BCUT2D eigenvalue weighted by Gasteiger charge is -2.22. The molecule has 0 atom stereocenters. The highest BCUT2D eigenvalue weighted by atomic mass is 35.5. The average Bonchev–Trinajstić information content (AvgIpc) is 2.44. The first-order valence-corrected chi connectivity index (χ1v) is 8.56. The Kier molecular flexibility index (Phi) is 6.09. The highest BCUT2D eigenvalue weighted by Gasteiger charge is 2.19. The van der Waals surface area contributed by atoms with Crippen LogP contribution < -0.4 is 10.6 Å². The van der Waals surface area contributed by atoms with E-state index in [1.165, 1.54) is 0 Å². The fourth-order valence-corrected chi connectivity index (χ4v) is 2.94. The minimum absolute atomic E-state index is 0.121. The van der Waals surface area contributed by atoms with Gasteiger partial charge in [0.1, 0.15) is 6.42 Å². The van der Waals surface area contributed by atoms with Crippen LogP contribution in [0.15, 0.2) is 42.5 Å². The first kappa shape index (κ1) is 19.3. The third kappa shape index (κ3) is 5.76. The zero-order valence-electron chi connectivity index (χ0n) is 14.3. The van der Waals surface area contributed by atoms with Crippen LogP contribution >= 0.6 is 23.2 Å². The number of rotatable bonds is 4. The first-order chi connectivity index (χ1) is 11.6. The lowest BCUT2D eigenvalue weighted by Crippen LogP contribution is -2.23. The molecule has 2 N–H and O–H groups in total. The van der Waals surface area contributed by atoms with Crippen molar-refractivity contribution in [1.82, 2.24) is 0 Å². The predicted octanol–water partition coefficient (Wildman–Crippen LogP) is 5.26. The molecule has 0 saturated carbocycles. The van der Waals surface area contributed by atoms with E-state index in [0.717, 1.165) is 5.56 Å². The molecule has 0 aliphatic rings. The number of carbonyl (C=O) groups excluding carboxylic acids is 2. The molecular formula is C19H20Cl2N2O2. The second kappa shape index (κ2) is 7.89. The summed E-state index contributed by atoms with van der Waals surface area (Å²) >= 11 is 11.8. The van der Waals surface area contributed by atoms with Crippen molar-refractivity contribution in [2.45, 2.75) is 32.6 Å². The van der Waals surface area contributed by atoms with E-state index in [1.807, 2.05) is 24.3 Å². The Hall–Kier alpha value is -2.04. The van der Waals surface area contributed by atoms with E-state index >= 15 is 0 Å². The summed E-state index contributed by atoms with van der Waals surface area (Å²) < 4.78 is 0. The van der Waals surface area contributed by atoms with E-state index in [9.17, 15) is 9.59 Å². The van der Waals surface area contributed by atoms with Gasteiger partial charge in [0.05, 0.1) is 0 Å². The van der Waals surface area contributed by atoms with Crippen molar-refractivity contribution in [2.24, 2.45) is 0 Å². The van der Waals surface area contributed by atoms with Crippen LogP contribution in [0.5, 0.6) is 0 Å². The number of anilines is 2. The summed E-state index contributed by atoms with van der Waals surface area (Å²) in [5.74, 6) is -0.827. The minimum atomic E-state index is -0.441.